The fourth-order valence-corrected chi connectivity index (χ4v) is 2.52. The third-order valence-corrected chi connectivity index (χ3v) is 3.46. The number of alkyl halides is 1. The van der Waals surface area contributed by atoms with E-state index in [1.807, 2.05) is 6.92 Å². The average Bonchev–Trinajstić information content (AvgIpc) is 2.36. The summed E-state index contributed by atoms with van der Waals surface area (Å²) in [5.74, 6) is -0.259. The fraction of sp³-hybridized carbons (Fsp3) is 0.417. The van der Waals surface area contributed by atoms with E-state index < -0.39 is 5.97 Å². The van der Waals surface area contributed by atoms with E-state index >= 15 is 0 Å². The number of nitrogens with zero attached hydrogens (tertiary/aromatic N) is 2. The molecule has 0 saturated carbocycles. The lowest BCUT2D eigenvalue weighted by molar-refractivity contribution is 0.0686. The van der Waals surface area contributed by atoms with Crippen LogP contribution in [0.15, 0.2) is 17.2 Å². The Bertz CT molecular complexity index is 474. The molecule has 4 nitrogen and oxygen atoms in total. The molecule has 0 aromatic carbocycles. The van der Waals surface area contributed by atoms with Crippen LogP contribution in [0.2, 0.25) is 0 Å². The Balaban J connectivity index is 3.13. The first-order valence-corrected chi connectivity index (χ1v) is 6.97. The Morgan fingerprint density at radius 1 is 1.72 bits per heavy atom. The lowest BCUT2D eigenvalue weighted by Gasteiger charge is -2.10. The monoisotopic (exact) mass is 284 g/mol. The van der Waals surface area contributed by atoms with Gasteiger partial charge in [-0.1, -0.05) is 6.92 Å². The Morgan fingerprint density at radius 2 is 2.44 bits per heavy atom. The number of thioether (sulfide) groups is 1. The predicted octanol–water partition coefficient (Wildman–Crippen LogP) is 3.13. The van der Waals surface area contributed by atoms with Crippen LogP contribution in [0.5, 0.6) is 0 Å². The normalized spacial score (nSPS) is 11.8. The molecule has 18 heavy (non-hydrogen) atoms. The molecule has 0 aliphatic heterocycles. The lowest BCUT2D eigenvalue weighted by atomic mass is 10.00. The van der Waals surface area contributed by atoms with Crippen LogP contribution in [0.4, 0.5) is 0 Å². The second-order valence-electron chi connectivity index (χ2n) is 3.51. The second-order valence-corrected chi connectivity index (χ2v) is 5.20. The molecule has 6 heteroatoms. The molecule has 0 radical (unpaired) electrons. The maximum absolute atomic E-state index is 11.0. The standard InChI is InChI=1S/C12H13ClN2O2S/c1-2-18-10-5-9(8(6-14)3-4-13)7-15-11(10)12(16)17/h5,7-8H,2-4H2,1H3,(H,16,17). The highest BCUT2D eigenvalue weighted by atomic mass is 35.5. The SMILES string of the molecule is CCSc1cc(C(C#N)CCCl)cnc1C(=O)O. The number of hydrogen-bond donors (Lipinski definition) is 1. The Hall–Kier alpha value is -1.25. The number of aromatic carboxylic acids is 1. The Kier molecular flexibility index (Phi) is 5.96. The van der Waals surface area contributed by atoms with Gasteiger partial charge in [-0.25, -0.2) is 9.78 Å². The number of carboxylic acids is 1. The number of carboxylic acid groups (broad SMARTS) is 1. The van der Waals surface area contributed by atoms with Gasteiger partial charge in [-0.2, -0.15) is 5.26 Å². The number of halogens is 1. The fourth-order valence-electron chi connectivity index (χ4n) is 1.49. The molecule has 1 aromatic rings. The van der Waals surface area contributed by atoms with E-state index in [1.54, 1.807) is 6.07 Å². The number of nitriles is 1. The van der Waals surface area contributed by atoms with Gasteiger partial charge in [-0.15, -0.1) is 23.4 Å². The van der Waals surface area contributed by atoms with Crippen molar-refractivity contribution in [1.29, 1.82) is 5.26 Å². The maximum Gasteiger partial charge on any atom is 0.355 e. The van der Waals surface area contributed by atoms with Crippen molar-refractivity contribution in [3.8, 4) is 6.07 Å². The number of pyridine rings is 1. The van der Waals surface area contributed by atoms with E-state index in [9.17, 15) is 4.79 Å². The first-order chi connectivity index (χ1) is 8.63. The predicted molar refractivity (Wildman–Crippen MR) is 71.3 cm³/mol. The minimum atomic E-state index is -1.05. The zero-order valence-corrected chi connectivity index (χ0v) is 11.5. The molecule has 1 atom stereocenters. The molecular formula is C12H13ClN2O2S. The quantitative estimate of drug-likeness (QED) is 0.642. The summed E-state index contributed by atoms with van der Waals surface area (Å²) in [4.78, 5) is 15.5. The minimum absolute atomic E-state index is 0.0353. The highest BCUT2D eigenvalue weighted by Crippen LogP contribution is 2.27. The molecule has 1 N–H and O–H groups in total. The second kappa shape index (κ2) is 7.24. The summed E-state index contributed by atoms with van der Waals surface area (Å²) < 4.78 is 0. The third kappa shape index (κ3) is 3.62. The molecule has 0 spiro atoms. The van der Waals surface area contributed by atoms with Gasteiger partial charge in [0.2, 0.25) is 0 Å². The summed E-state index contributed by atoms with van der Waals surface area (Å²) in [6.07, 6.45) is 1.98. The molecule has 0 amide bonds. The third-order valence-electron chi connectivity index (χ3n) is 2.33. The molecule has 0 aliphatic rings. The van der Waals surface area contributed by atoms with Gasteiger partial charge in [0, 0.05) is 17.0 Å². The van der Waals surface area contributed by atoms with Crippen molar-refractivity contribution >= 4 is 29.3 Å². The molecular weight excluding hydrogens is 272 g/mol. The van der Waals surface area contributed by atoms with Crippen LogP contribution in [-0.2, 0) is 0 Å². The number of carbonyl (C=O) groups is 1. The summed E-state index contributed by atoms with van der Waals surface area (Å²) >= 11 is 7.04. The van der Waals surface area contributed by atoms with Crippen LogP contribution < -0.4 is 0 Å². The molecule has 0 aliphatic carbocycles. The van der Waals surface area contributed by atoms with Gasteiger partial charge in [-0.05, 0) is 23.8 Å². The molecule has 0 saturated heterocycles. The van der Waals surface area contributed by atoms with Crippen molar-refractivity contribution in [2.45, 2.75) is 24.2 Å². The highest BCUT2D eigenvalue weighted by molar-refractivity contribution is 7.99. The van der Waals surface area contributed by atoms with Crippen molar-refractivity contribution < 1.29 is 9.90 Å². The summed E-state index contributed by atoms with van der Waals surface area (Å²) in [6, 6.07) is 3.88. The average molecular weight is 285 g/mol. The van der Waals surface area contributed by atoms with Crippen LogP contribution in [-0.4, -0.2) is 27.7 Å². The van der Waals surface area contributed by atoms with Crippen molar-refractivity contribution in [3.63, 3.8) is 0 Å². The minimum Gasteiger partial charge on any atom is -0.476 e. The van der Waals surface area contributed by atoms with Gasteiger partial charge in [0.25, 0.3) is 0 Å². The van der Waals surface area contributed by atoms with Crippen molar-refractivity contribution in [2.75, 3.05) is 11.6 Å². The number of rotatable bonds is 6. The molecule has 1 unspecified atom stereocenters. The van der Waals surface area contributed by atoms with Crippen LogP contribution >= 0.6 is 23.4 Å². The highest BCUT2D eigenvalue weighted by Gasteiger charge is 2.17. The molecule has 1 aromatic heterocycles. The summed E-state index contributed by atoms with van der Waals surface area (Å²) in [5, 5.41) is 18.1. The maximum atomic E-state index is 11.0. The van der Waals surface area contributed by atoms with Crippen molar-refractivity contribution in [1.82, 2.24) is 4.98 Å². The van der Waals surface area contributed by atoms with Crippen LogP contribution in [0.1, 0.15) is 35.3 Å². The van der Waals surface area contributed by atoms with Crippen LogP contribution in [0.25, 0.3) is 0 Å². The summed E-state index contributed by atoms with van der Waals surface area (Å²) in [5.41, 5.74) is 0.757. The van der Waals surface area contributed by atoms with E-state index in [4.69, 9.17) is 22.0 Å². The van der Waals surface area contributed by atoms with Gasteiger partial charge in [0.05, 0.1) is 12.0 Å². The Labute approximate surface area is 115 Å². The van der Waals surface area contributed by atoms with E-state index in [0.29, 0.717) is 17.2 Å². The molecule has 96 valence electrons. The van der Waals surface area contributed by atoms with Gasteiger partial charge < -0.3 is 5.11 Å². The van der Waals surface area contributed by atoms with Gasteiger partial charge in [-0.3, -0.25) is 0 Å². The largest absolute Gasteiger partial charge is 0.476 e. The van der Waals surface area contributed by atoms with Crippen LogP contribution in [0.3, 0.4) is 0 Å². The number of aromatic nitrogens is 1. The van der Waals surface area contributed by atoms with Crippen molar-refractivity contribution in [2.24, 2.45) is 0 Å². The molecule has 0 fully saturated rings. The first-order valence-electron chi connectivity index (χ1n) is 5.45. The first kappa shape index (κ1) is 14.8. The lowest BCUT2D eigenvalue weighted by Crippen LogP contribution is -2.06. The van der Waals surface area contributed by atoms with Gasteiger partial charge >= 0.3 is 5.97 Å². The van der Waals surface area contributed by atoms with Gasteiger partial charge in [0.1, 0.15) is 0 Å². The Morgan fingerprint density at radius 3 is 2.94 bits per heavy atom. The topological polar surface area (TPSA) is 74.0 Å². The van der Waals surface area contributed by atoms with E-state index in [2.05, 4.69) is 11.1 Å². The summed E-state index contributed by atoms with van der Waals surface area (Å²) in [6.45, 7) is 1.93. The van der Waals surface area contributed by atoms with Crippen LogP contribution in [0, 0.1) is 11.3 Å². The molecule has 0 bridgehead atoms. The van der Waals surface area contributed by atoms with E-state index in [-0.39, 0.29) is 11.6 Å². The zero-order valence-electron chi connectivity index (χ0n) is 9.89. The number of hydrogen-bond acceptors (Lipinski definition) is 4. The smallest absolute Gasteiger partial charge is 0.355 e. The van der Waals surface area contributed by atoms with Crippen molar-refractivity contribution in [3.05, 3.63) is 23.5 Å². The summed E-state index contributed by atoms with van der Waals surface area (Å²) in [7, 11) is 0. The molecule has 1 heterocycles. The van der Waals surface area contributed by atoms with E-state index in [0.717, 1.165) is 11.3 Å². The zero-order chi connectivity index (χ0) is 13.5. The molecule has 1 rings (SSSR count). The van der Waals surface area contributed by atoms with Gasteiger partial charge in [0.15, 0.2) is 5.69 Å². The van der Waals surface area contributed by atoms with E-state index in [1.165, 1.54) is 18.0 Å².